The highest BCUT2D eigenvalue weighted by Crippen LogP contribution is 2.06. The van der Waals surface area contributed by atoms with Crippen molar-refractivity contribution >= 4 is 11.7 Å². The molecule has 0 fully saturated rings. The molecule has 64 valence electrons. The van der Waals surface area contributed by atoms with Gasteiger partial charge in [0.2, 0.25) is 5.91 Å². The Kier molecular flexibility index (Phi) is 2.23. The van der Waals surface area contributed by atoms with Gasteiger partial charge in [0, 0.05) is 11.8 Å². The largest absolute Gasteiger partial charge is 0.383 e. The number of rotatable bonds is 2. The first kappa shape index (κ1) is 8.45. The molecule has 1 aromatic rings. The first-order chi connectivity index (χ1) is 5.59. The summed E-state index contributed by atoms with van der Waals surface area (Å²) in [6.45, 7) is 1.73. The summed E-state index contributed by atoms with van der Waals surface area (Å²) in [6, 6.07) is 0. The lowest BCUT2D eigenvalue weighted by Gasteiger charge is -2.01. The average Bonchev–Trinajstić information content (AvgIpc) is 1.94. The molecule has 1 amide bonds. The van der Waals surface area contributed by atoms with E-state index in [1.165, 1.54) is 6.20 Å². The zero-order chi connectivity index (χ0) is 9.14. The zero-order valence-corrected chi connectivity index (χ0v) is 6.74. The Balaban J connectivity index is 2.93. The number of hydrogen-bond donors (Lipinski definition) is 2. The number of nitrogens with zero attached hydrogens (tertiary/aromatic N) is 2. The molecular formula is C7H10N4O. The first-order valence-electron chi connectivity index (χ1n) is 3.46. The minimum Gasteiger partial charge on any atom is -0.383 e. The summed E-state index contributed by atoms with van der Waals surface area (Å²) in [5.74, 6) is 0.469. The maximum Gasteiger partial charge on any atom is 0.222 e. The van der Waals surface area contributed by atoms with Crippen molar-refractivity contribution in [3.05, 3.63) is 17.6 Å². The second-order valence-corrected chi connectivity index (χ2v) is 2.47. The lowest BCUT2D eigenvalue weighted by atomic mass is 10.2. The van der Waals surface area contributed by atoms with E-state index in [1.807, 2.05) is 0 Å². The first-order valence-corrected chi connectivity index (χ1v) is 3.46. The number of carbonyl (C=O) groups is 1. The molecule has 0 unspecified atom stereocenters. The molecular weight excluding hydrogens is 156 g/mol. The van der Waals surface area contributed by atoms with E-state index in [9.17, 15) is 4.79 Å². The molecule has 4 N–H and O–H groups in total. The Hall–Kier alpha value is -1.65. The van der Waals surface area contributed by atoms with E-state index in [0.717, 1.165) is 0 Å². The molecule has 0 aliphatic heterocycles. The standard InChI is InChI=1S/C7H10N4O/c1-4-10-3-5(2-6(8)12)7(9)11-4/h3H,2H2,1H3,(H2,8,12)(H2,9,10,11). The summed E-state index contributed by atoms with van der Waals surface area (Å²) in [7, 11) is 0. The molecule has 0 bridgehead atoms. The van der Waals surface area contributed by atoms with Crippen LogP contribution >= 0.6 is 0 Å². The molecule has 0 aromatic carbocycles. The second kappa shape index (κ2) is 3.17. The van der Waals surface area contributed by atoms with Gasteiger partial charge in [0.05, 0.1) is 6.42 Å². The summed E-state index contributed by atoms with van der Waals surface area (Å²) < 4.78 is 0. The van der Waals surface area contributed by atoms with Gasteiger partial charge < -0.3 is 11.5 Å². The summed E-state index contributed by atoms with van der Waals surface area (Å²) >= 11 is 0. The van der Waals surface area contributed by atoms with Crippen LogP contribution in [-0.2, 0) is 11.2 Å². The number of aromatic nitrogens is 2. The molecule has 0 aliphatic rings. The van der Waals surface area contributed by atoms with Crippen molar-refractivity contribution < 1.29 is 4.79 Å². The molecule has 1 aromatic heterocycles. The Labute approximate surface area is 69.8 Å². The Morgan fingerprint density at radius 2 is 2.33 bits per heavy atom. The molecule has 12 heavy (non-hydrogen) atoms. The summed E-state index contributed by atoms with van der Waals surface area (Å²) in [6.07, 6.45) is 1.61. The third kappa shape index (κ3) is 1.91. The van der Waals surface area contributed by atoms with Crippen molar-refractivity contribution in [2.45, 2.75) is 13.3 Å². The van der Waals surface area contributed by atoms with Crippen LogP contribution in [0.4, 0.5) is 5.82 Å². The number of primary amides is 1. The highest BCUT2D eigenvalue weighted by molar-refractivity contribution is 5.77. The van der Waals surface area contributed by atoms with Gasteiger partial charge in [-0.3, -0.25) is 4.79 Å². The second-order valence-electron chi connectivity index (χ2n) is 2.47. The molecule has 0 atom stereocenters. The topological polar surface area (TPSA) is 94.9 Å². The fourth-order valence-electron chi connectivity index (χ4n) is 0.836. The van der Waals surface area contributed by atoms with Crippen molar-refractivity contribution in [1.82, 2.24) is 9.97 Å². The van der Waals surface area contributed by atoms with Crippen LogP contribution in [-0.4, -0.2) is 15.9 Å². The predicted octanol–water partition coefficient (Wildman–Crippen LogP) is -0.605. The maximum atomic E-state index is 10.5. The quantitative estimate of drug-likeness (QED) is 0.613. The number of amides is 1. The highest BCUT2D eigenvalue weighted by Gasteiger charge is 2.04. The molecule has 0 saturated carbocycles. The van der Waals surface area contributed by atoms with E-state index in [-0.39, 0.29) is 6.42 Å². The number of nitrogen functional groups attached to an aromatic ring is 1. The zero-order valence-electron chi connectivity index (χ0n) is 6.74. The molecule has 5 heteroatoms. The van der Waals surface area contributed by atoms with Gasteiger partial charge in [-0.1, -0.05) is 0 Å². The lowest BCUT2D eigenvalue weighted by Crippen LogP contribution is -2.15. The number of anilines is 1. The van der Waals surface area contributed by atoms with Crippen LogP contribution in [0.3, 0.4) is 0 Å². The molecule has 1 rings (SSSR count). The highest BCUT2D eigenvalue weighted by atomic mass is 16.1. The van der Waals surface area contributed by atoms with E-state index in [0.29, 0.717) is 17.2 Å². The Morgan fingerprint density at radius 3 is 2.83 bits per heavy atom. The van der Waals surface area contributed by atoms with Crippen molar-refractivity contribution in [2.24, 2.45) is 5.73 Å². The van der Waals surface area contributed by atoms with E-state index >= 15 is 0 Å². The van der Waals surface area contributed by atoms with Gasteiger partial charge in [-0.15, -0.1) is 0 Å². The fourth-order valence-corrected chi connectivity index (χ4v) is 0.836. The van der Waals surface area contributed by atoms with Crippen LogP contribution in [0.15, 0.2) is 6.20 Å². The third-order valence-electron chi connectivity index (χ3n) is 1.38. The molecule has 5 nitrogen and oxygen atoms in total. The normalized spacial score (nSPS) is 9.75. The number of nitrogens with two attached hydrogens (primary N) is 2. The minimum absolute atomic E-state index is 0.0894. The molecule has 0 spiro atoms. The van der Waals surface area contributed by atoms with Gasteiger partial charge in [-0.05, 0) is 6.92 Å². The fraction of sp³-hybridized carbons (Fsp3) is 0.286. The summed E-state index contributed by atoms with van der Waals surface area (Å²) in [5.41, 5.74) is 11.1. The summed E-state index contributed by atoms with van der Waals surface area (Å²) in [5, 5.41) is 0. The van der Waals surface area contributed by atoms with Gasteiger partial charge in [-0.2, -0.15) is 0 Å². The average molecular weight is 166 g/mol. The maximum absolute atomic E-state index is 10.5. The van der Waals surface area contributed by atoms with Gasteiger partial charge in [0.15, 0.2) is 0 Å². The van der Waals surface area contributed by atoms with Gasteiger partial charge >= 0.3 is 0 Å². The number of aryl methyl sites for hydroxylation is 1. The SMILES string of the molecule is Cc1ncc(CC(N)=O)c(N)n1. The van der Waals surface area contributed by atoms with Crippen molar-refractivity contribution in [2.75, 3.05) is 5.73 Å². The number of hydrogen-bond acceptors (Lipinski definition) is 4. The smallest absolute Gasteiger partial charge is 0.222 e. The molecule has 1 heterocycles. The van der Waals surface area contributed by atoms with Crippen molar-refractivity contribution in [3.63, 3.8) is 0 Å². The van der Waals surface area contributed by atoms with E-state index in [2.05, 4.69) is 9.97 Å². The third-order valence-corrected chi connectivity index (χ3v) is 1.38. The van der Waals surface area contributed by atoms with Crippen LogP contribution in [0.25, 0.3) is 0 Å². The molecule has 0 radical (unpaired) electrons. The van der Waals surface area contributed by atoms with Crippen molar-refractivity contribution in [1.29, 1.82) is 0 Å². The van der Waals surface area contributed by atoms with Crippen LogP contribution < -0.4 is 11.5 Å². The molecule has 0 saturated heterocycles. The van der Waals surface area contributed by atoms with Crippen molar-refractivity contribution in [3.8, 4) is 0 Å². The van der Waals surface area contributed by atoms with Crippen LogP contribution in [0.2, 0.25) is 0 Å². The van der Waals surface area contributed by atoms with E-state index in [1.54, 1.807) is 6.92 Å². The monoisotopic (exact) mass is 166 g/mol. The summed E-state index contributed by atoms with van der Waals surface area (Å²) in [4.78, 5) is 18.3. The van der Waals surface area contributed by atoms with Crippen LogP contribution in [0, 0.1) is 6.92 Å². The Bertz CT molecular complexity index is 310. The van der Waals surface area contributed by atoms with Gasteiger partial charge in [-0.25, -0.2) is 9.97 Å². The van der Waals surface area contributed by atoms with Crippen LogP contribution in [0.5, 0.6) is 0 Å². The van der Waals surface area contributed by atoms with E-state index < -0.39 is 5.91 Å². The minimum atomic E-state index is -0.436. The Morgan fingerprint density at radius 1 is 1.67 bits per heavy atom. The molecule has 0 aliphatic carbocycles. The predicted molar refractivity (Wildman–Crippen MR) is 44.1 cm³/mol. The number of carbonyl (C=O) groups excluding carboxylic acids is 1. The van der Waals surface area contributed by atoms with E-state index in [4.69, 9.17) is 11.5 Å². The van der Waals surface area contributed by atoms with Crippen LogP contribution in [0.1, 0.15) is 11.4 Å². The van der Waals surface area contributed by atoms with Gasteiger partial charge in [0.1, 0.15) is 11.6 Å². The lowest BCUT2D eigenvalue weighted by molar-refractivity contribution is -0.117. The van der Waals surface area contributed by atoms with Gasteiger partial charge in [0.25, 0.3) is 0 Å².